The van der Waals surface area contributed by atoms with Crippen LogP contribution in [0.25, 0.3) is 0 Å². The van der Waals surface area contributed by atoms with Crippen LogP contribution in [0.3, 0.4) is 0 Å². The first-order valence-corrected chi connectivity index (χ1v) is 7.15. The molecule has 0 radical (unpaired) electrons. The SMILES string of the molecule is Cc1c(Cl)cncc1NC(=O)N1CC(C)CC(C(=O)O)C1. The average molecular weight is 312 g/mol. The summed E-state index contributed by atoms with van der Waals surface area (Å²) < 4.78 is 0. The molecule has 0 aliphatic carbocycles. The molecule has 2 unspecified atom stereocenters. The number of aliphatic carboxylic acids is 1. The number of carboxylic acid groups (broad SMARTS) is 1. The molecule has 0 bridgehead atoms. The highest BCUT2D eigenvalue weighted by Crippen LogP contribution is 2.24. The van der Waals surface area contributed by atoms with Crippen molar-refractivity contribution in [1.29, 1.82) is 0 Å². The first-order chi connectivity index (χ1) is 9.88. The molecule has 2 rings (SSSR count). The number of rotatable bonds is 2. The molecule has 1 aliphatic heterocycles. The summed E-state index contributed by atoms with van der Waals surface area (Å²) in [5.41, 5.74) is 1.28. The molecule has 2 amide bonds. The summed E-state index contributed by atoms with van der Waals surface area (Å²) in [5.74, 6) is -1.22. The molecule has 2 heterocycles. The van der Waals surface area contributed by atoms with Crippen LogP contribution in [0.2, 0.25) is 5.02 Å². The number of carbonyl (C=O) groups is 2. The zero-order valence-corrected chi connectivity index (χ0v) is 12.7. The number of hydrogen-bond acceptors (Lipinski definition) is 3. The molecule has 7 heteroatoms. The normalized spacial score (nSPS) is 22.0. The summed E-state index contributed by atoms with van der Waals surface area (Å²) in [6, 6.07) is -0.319. The van der Waals surface area contributed by atoms with Crippen molar-refractivity contribution in [3.05, 3.63) is 23.0 Å². The van der Waals surface area contributed by atoms with E-state index in [0.29, 0.717) is 23.7 Å². The van der Waals surface area contributed by atoms with Crippen LogP contribution in [0.4, 0.5) is 10.5 Å². The van der Waals surface area contributed by atoms with E-state index in [9.17, 15) is 9.59 Å². The topological polar surface area (TPSA) is 82.5 Å². The van der Waals surface area contributed by atoms with Crippen LogP contribution < -0.4 is 5.32 Å². The molecule has 21 heavy (non-hydrogen) atoms. The quantitative estimate of drug-likeness (QED) is 0.879. The molecular formula is C14H18ClN3O3. The Balaban J connectivity index is 2.09. The maximum absolute atomic E-state index is 12.3. The third kappa shape index (κ3) is 3.64. The minimum absolute atomic E-state index is 0.157. The van der Waals surface area contributed by atoms with Crippen molar-refractivity contribution in [3.8, 4) is 0 Å². The lowest BCUT2D eigenvalue weighted by Gasteiger charge is -2.34. The molecule has 1 aromatic rings. The molecular weight excluding hydrogens is 294 g/mol. The summed E-state index contributed by atoms with van der Waals surface area (Å²) in [6.07, 6.45) is 3.63. The minimum Gasteiger partial charge on any atom is -0.481 e. The van der Waals surface area contributed by atoms with Crippen LogP contribution in [0, 0.1) is 18.8 Å². The van der Waals surface area contributed by atoms with E-state index in [4.69, 9.17) is 16.7 Å². The average Bonchev–Trinajstić information content (AvgIpc) is 2.43. The van der Waals surface area contributed by atoms with E-state index < -0.39 is 11.9 Å². The Labute approximate surface area is 128 Å². The van der Waals surface area contributed by atoms with Gasteiger partial charge in [-0.15, -0.1) is 0 Å². The number of nitrogens with zero attached hydrogens (tertiary/aromatic N) is 2. The third-order valence-electron chi connectivity index (χ3n) is 3.69. The Morgan fingerprint density at radius 2 is 2.14 bits per heavy atom. The molecule has 1 aromatic heterocycles. The van der Waals surface area contributed by atoms with Crippen molar-refractivity contribution in [2.24, 2.45) is 11.8 Å². The van der Waals surface area contributed by atoms with E-state index in [-0.39, 0.29) is 18.5 Å². The molecule has 0 aromatic carbocycles. The monoisotopic (exact) mass is 311 g/mol. The molecule has 1 aliphatic rings. The van der Waals surface area contributed by atoms with Crippen molar-refractivity contribution < 1.29 is 14.7 Å². The van der Waals surface area contributed by atoms with Crippen molar-refractivity contribution >= 4 is 29.3 Å². The van der Waals surface area contributed by atoms with Gasteiger partial charge in [0.25, 0.3) is 0 Å². The van der Waals surface area contributed by atoms with Gasteiger partial charge in [-0.3, -0.25) is 9.78 Å². The minimum atomic E-state index is -0.861. The van der Waals surface area contributed by atoms with Gasteiger partial charge in [-0.25, -0.2) is 4.79 Å². The Morgan fingerprint density at radius 1 is 1.43 bits per heavy atom. The van der Waals surface area contributed by atoms with Gasteiger partial charge in [-0.05, 0) is 24.8 Å². The molecule has 0 saturated carbocycles. The highest BCUT2D eigenvalue weighted by Gasteiger charge is 2.32. The first kappa shape index (κ1) is 15.6. The number of pyridine rings is 1. The largest absolute Gasteiger partial charge is 0.481 e. The zero-order chi connectivity index (χ0) is 15.6. The van der Waals surface area contributed by atoms with Crippen molar-refractivity contribution in [2.45, 2.75) is 20.3 Å². The first-order valence-electron chi connectivity index (χ1n) is 6.77. The highest BCUT2D eigenvalue weighted by atomic mass is 35.5. The van der Waals surface area contributed by atoms with Gasteiger partial charge in [0.2, 0.25) is 0 Å². The predicted molar refractivity (Wildman–Crippen MR) is 79.5 cm³/mol. The number of carbonyl (C=O) groups excluding carboxylic acids is 1. The molecule has 6 nitrogen and oxygen atoms in total. The molecule has 2 atom stereocenters. The Bertz CT molecular complexity index is 564. The predicted octanol–water partition coefficient (Wildman–Crippen LogP) is 2.62. The van der Waals surface area contributed by atoms with Crippen LogP contribution in [0.1, 0.15) is 18.9 Å². The summed E-state index contributed by atoms with van der Waals surface area (Å²) in [6.45, 7) is 4.50. The van der Waals surface area contributed by atoms with Crippen molar-refractivity contribution in [1.82, 2.24) is 9.88 Å². The fourth-order valence-corrected chi connectivity index (χ4v) is 2.67. The van der Waals surface area contributed by atoms with Gasteiger partial charge >= 0.3 is 12.0 Å². The molecule has 0 spiro atoms. The number of hydrogen-bond donors (Lipinski definition) is 2. The molecule has 1 fully saturated rings. The lowest BCUT2D eigenvalue weighted by Crippen LogP contribution is -2.47. The van der Waals surface area contributed by atoms with Gasteiger partial charge in [0.05, 0.1) is 22.8 Å². The Morgan fingerprint density at radius 3 is 2.81 bits per heavy atom. The van der Waals surface area contributed by atoms with Crippen LogP contribution in [-0.2, 0) is 4.79 Å². The Kier molecular flexibility index (Phi) is 4.67. The van der Waals surface area contributed by atoms with Crippen LogP contribution >= 0.6 is 11.6 Å². The maximum atomic E-state index is 12.3. The fourth-order valence-electron chi connectivity index (χ4n) is 2.52. The van der Waals surface area contributed by atoms with E-state index >= 15 is 0 Å². The lowest BCUT2D eigenvalue weighted by atomic mass is 9.91. The van der Waals surface area contributed by atoms with E-state index in [0.717, 1.165) is 5.56 Å². The summed E-state index contributed by atoms with van der Waals surface area (Å²) in [4.78, 5) is 28.9. The number of aromatic nitrogens is 1. The van der Waals surface area contributed by atoms with Crippen molar-refractivity contribution in [3.63, 3.8) is 0 Å². The number of amides is 2. The van der Waals surface area contributed by atoms with E-state index in [1.54, 1.807) is 6.92 Å². The number of nitrogens with one attached hydrogen (secondary N) is 1. The standard InChI is InChI=1S/C14H18ClN3O3/c1-8-3-10(13(19)20)7-18(6-8)14(21)17-12-5-16-4-11(15)9(12)2/h4-5,8,10H,3,6-7H2,1-2H3,(H,17,21)(H,19,20). The van der Waals surface area contributed by atoms with E-state index in [2.05, 4.69) is 10.3 Å². The molecule has 114 valence electrons. The zero-order valence-electron chi connectivity index (χ0n) is 12.0. The van der Waals surface area contributed by atoms with Crippen LogP contribution in [-0.4, -0.2) is 40.1 Å². The number of carboxylic acids is 1. The Hall–Kier alpha value is -1.82. The van der Waals surface area contributed by atoms with Gasteiger partial charge in [0, 0.05) is 19.3 Å². The van der Waals surface area contributed by atoms with Gasteiger partial charge in [-0.2, -0.15) is 0 Å². The smallest absolute Gasteiger partial charge is 0.321 e. The van der Waals surface area contributed by atoms with Gasteiger partial charge in [0.15, 0.2) is 0 Å². The van der Waals surface area contributed by atoms with E-state index in [1.165, 1.54) is 17.3 Å². The number of urea groups is 1. The number of anilines is 1. The van der Waals surface area contributed by atoms with Crippen LogP contribution in [0.5, 0.6) is 0 Å². The molecule has 1 saturated heterocycles. The van der Waals surface area contributed by atoms with Crippen LogP contribution in [0.15, 0.2) is 12.4 Å². The fraction of sp³-hybridized carbons (Fsp3) is 0.500. The lowest BCUT2D eigenvalue weighted by molar-refractivity contribution is -0.143. The number of halogens is 1. The summed E-state index contributed by atoms with van der Waals surface area (Å²) in [7, 11) is 0. The van der Waals surface area contributed by atoms with Gasteiger partial charge < -0.3 is 15.3 Å². The molecule has 2 N–H and O–H groups in total. The second-order valence-electron chi connectivity index (χ2n) is 5.51. The summed E-state index contributed by atoms with van der Waals surface area (Å²) in [5, 5.41) is 12.4. The van der Waals surface area contributed by atoms with Gasteiger partial charge in [-0.1, -0.05) is 18.5 Å². The second kappa shape index (κ2) is 6.30. The highest BCUT2D eigenvalue weighted by molar-refractivity contribution is 6.31. The second-order valence-corrected chi connectivity index (χ2v) is 5.91. The number of likely N-dealkylation sites (tertiary alicyclic amines) is 1. The maximum Gasteiger partial charge on any atom is 0.321 e. The van der Waals surface area contributed by atoms with Crippen molar-refractivity contribution in [2.75, 3.05) is 18.4 Å². The van der Waals surface area contributed by atoms with Gasteiger partial charge in [0.1, 0.15) is 0 Å². The number of piperidine rings is 1. The van der Waals surface area contributed by atoms with E-state index in [1.807, 2.05) is 6.92 Å². The third-order valence-corrected chi connectivity index (χ3v) is 4.07. The summed E-state index contributed by atoms with van der Waals surface area (Å²) >= 11 is 5.97.